The van der Waals surface area contributed by atoms with Gasteiger partial charge in [-0.2, -0.15) is 4.98 Å². The highest BCUT2D eigenvalue weighted by atomic mass is 32.2. The quantitative estimate of drug-likeness (QED) is 0.692. The zero-order chi connectivity index (χ0) is 16.1. The van der Waals surface area contributed by atoms with Crippen molar-refractivity contribution in [2.75, 3.05) is 18.9 Å². The summed E-state index contributed by atoms with van der Waals surface area (Å²) in [6.45, 7) is 1.30. The van der Waals surface area contributed by atoms with Crippen molar-refractivity contribution in [1.82, 2.24) is 20.5 Å². The first kappa shape index (κ1) is 15.8. The molecule has 1 aromatic carbocycles. The number of hydrogen-bond acceptors (Lipinski definition) is 6. The second-order valence-electron chi connectivity index (χ2n) is 5.29. The molecule has 1 amide bonds. The maximum Gasteiger partial charge on any atom is 0.238 e. The maximum absolute atomic E-state index is 12.6. The lowest BCUT2D eigenvalue weighted by Gasteiger charge is -2.17. The first-order valence-corrected chi connectivity index (χ1v) is 8.39. The van der Waals surface area contributed by atoms with Crippen LogP contribution in [0.15, 0.2) is 35.5 Å². The number of nitrogen functional groups attached to an aromatic ring is 1. The third-order valence-electron chi connectivity index (χ3n) is 3.57. The van der Waals surface area contributed by atoms with E-state index in [0.29, 0.717) is 11.7 Å². The molecule has 3 rings (SSSR count). The van der Waals surface area contributed by atoms with Crippen LogP contribution in [0.4, 0.5) is 5.95 Å². The molecule has 2 atom stereocenters. The molecule has 122 valence electrons. The highest BCUT2D eigenvalue weighted by Crippen LogP contribution is 2.33. The Bertz CT molecular complexity index is 642. The molecule has 0 radical (unpaired) electrons. The minimum Gasteiger partial charge on any atom is -0.376 e. The van der Waals surface area contributed by atoms with Gasteiger partial charge in [0.15, 0.2) is 0 Å². The summed E-state index contributed by atoms with van der Waals surface area (Å²) >= 11 is 1.27. The maximum atomic E-state index is 12.6. The number of nitrogens with one attached hydrogen (secondary N) is 2. The predicted molar refractivity (Wildman–Crippen MR) is 87.8 cm³/mol. The lowest BCUT2D eigenvalue weighted by Crippen LogP contribution is -2.34. The number of carbonyl (C=O) groups excluding carboxylic acids is 1. The summed E-state index contributed by atoms with van der Waals surface area (Å²) in [5, 5.41) is 9.56. The Morgan fingerprint density at radius 3 is 2.96 bits per heavy atom. The van der Waals surface area contributed by atoms with E-state index in [9.17, 15) is 4.79 Å². The molecule has 2 heterocycles. The van der Waals surface area contributed by atoms with Crippen molar-refractivity contribution in [3.63, 3.8) is 0 Å². The molecule has 0 spiro atoms. The van der Waals surface area contributed by atoms with Gasteiger partial charge in [0.1, 0.15) is 5.25 Å². The van der Waals surface area contributed by atoms with Crippen molar-refractivity contribution in [1.29, 1.82) is 0 Å². The molecule has 7 nitrogen and oxygen atoms in total. The minimum absolute atomic E-state index is 0.0833. The fraction of sp³-hybridized carbons (Fsp3) is 0.400. The average molecular weight is 333 g/mol. The monoisotopic (exact) mass is 333 g/mol. The lowest BCUT2D eigenvalue weighted by atomic mass is 10.1. The number of carbonyl (C=O) groups is 1. The van der Waals surface area contributed by atoms with E-state index in [1.807, 2.05) is 30.3 Å². The average Bonchev–Trinajstić information content (AvgIpc) is 3.23. The van der Waals surface area contributed by atoms with E-state index in [1.54, 1.807) is 0 Å². The van der Waals surface area contributed by atoms with Gasteiger partial charge in [0.05, 0.1) is 6.10 Å². The van der Waals surface area contributed by atoms with Crippen LogP contribution < -0.4 is 11.1 Å². The van der Waals surface area contributed by atoms with Gasteiger partial charge in [-0.25, -0.2) is 5.10 Å². The topological polar surface area (TPSA) is 106 Å². The predicted octanol–water partition coefficient (Wildman–Crippen LogP) is 1.52. The first-order chi connectivity index (χ1) is 11.2. The molecule has 2 aromatic rings. The van der Waals surface area contributed by atoms with Gasteiger partial charge in [-0.05, 0) is 18.4 Å². The molecular weight excluding hydrogens is 314 g/mol. The SMILES string of the molecule is Nc1nc(S[C@@H](C(=O)NC[C@H]2CCCO2)c2ccccc2)n[nH]1. The van der Waals surface area contributed by atoms with Crippen LogP contribution in [0.5, 0.6) is 0 Å². The van der Waals surface area contributed by atoms with E-state index in [2.05, 4.69) is 20.5 Å². The number of thioether (sulfide) groups is 1. The highest BCUT2D eigenvalue weighted by Gasteiger charge is 2.25. The smallest absolute Gasteiger partial charge is 0.238 e. The van der Waals surface area contributed by atoms with Crippen LogP contribution in [0.1, 0.15) is 23.7 Å². The van der Waals surface area contributed by atoms with Crippen LogP contribution in [0.25, 0.3) is 0 Å². The molecule has 0 saturated carbocycles. The summed E-state index contributed by atoms with van der Waals surface area (Å²) in [5.74, 6) is 0.152. The summed E-state index contributed by atoms with van der Waals surface area (Å²) in [4.78, 5) is 16.7. The van der Waals surface area contributed by atoms with Gasteiger partial charge in [-0.15, -0.1) is 5.10 Å². The van der Waals surface area contributed by atoms with Gasteiger partial charge >= 0.3 is 0 Å². The Hall–Kier alpha value is -2.06. The van der Waals surface area contributed by atoms with Gasteiger partial charge in [0.25, 0.3) is 0 Å². The van der Waals surface area contributed by atoms with Gasteiger partial charge in [-0.3, -0.25) is 4.79 Å². The van der Waals surface area contributed by atoms with E-state index >= 15 is 0 Å². The van der Waals surface area contributed by atoms with E-state index < -0.39 is 5.25 Å². The molecule has 1 saturated heterocycles. The van der Waals surface area contributed by atoms with E-state index in [1.165, 1.54) is 11.8 Å². The van der Waals surface area contributed by atoms with Gasteiger partial charge in [0.2, 0.25) is 17.0 Å². The Labute approximate surface area is 138 Å². The van der Waals surface area contributed by atoms with Crippen molar-refractivity contribution in [2.45, 2.75) is 29.4 Å². The van der Waals surface area contributed by atoms with Crippen LogP contribution in [0.2, 0.25) is 0 Å². The largest absolute Gasteiger partial charge is 0.376 e. The first-order valence-electron chi connectivity index (χ1n) is 7.51. The third-order valence-corrected chi connectivity index (χ3v) is 4.69. The number of H-pyrrole nitrogens is 1. The summed E-state index contributed by atoms with van der Waals surface area (Å²) in [5.41, 5.74) is 6.45. The standard InChI is InChI=1S/C15H19N5O2S/c16-14-18-15(20-19-14)23-12(10-5-2-1-3-6-10)13(21)17-9-11-7-4-8-22-11/h1-3,5-6,11-12H,4,7-9H2,(H,17,21)(H3,16,18,19,20)/t11-,12-/m1/s1. The molecule has 1 aliphatic rings. The molecule has 1 fully saturated rings. The molecule has 0 aliphatic carbocycles. The molecule has 0 bridgehead atoms. The van der Waals surface area contributed by atoms with Crippen molar-refractivity contribution < 1.29 is 9.53 Å². The zero-order valence-corrected chi connectivity index (χ0v) is 13.4. The normalized spacial score (nSPS) is 18.7. The lowest BCUT2D eigenvalue weighted by molar-refractivity contribution is -0.121. The van der Waals surface area contributed by atoms with E-state index in [4.69, 9.17) is 10.5 Å². The van der Waals surface area contributed by atoms with Crippen LogP contribution in [-0.4, -0.2) is 40.3 Å². The van der Waals surface area contributed by atoms with Crippen molar-refractivity contribution in [2.24, 2.45) is 0 Å². The fourth-order valence-electron chi connectivity index (χ4n) is 2.43. The Morgan fingerprint density at radius 1 is 1.48 bits per heavy atom. The molecule has 1 aromatic heterocycles. The summed E-state index contributed by atoms with van der Waals surface area (Å²) in [6, 6.07) is 9.56. The number of nitrogens with two attached hydrogens (primary N) is 1. The minimum atomic E-state index is -0.437. The van der Waals surface area contributed by atoms with Gasteiger partial charge in [0, 0.05) is 13.2 Å². The van der Waals surface area contributed by atoms with Crippen LogP contribution in [0, 0.1) is 0 Å². The van der Waals surface area contributed by atoms with Crippen molar-refractivity contribution in [3.8, 4) is 0 Å². The Kier molecular flexibility index (Phi) is 5.14. The second kappa shape index (κ2) is 7.47. The number of amides is 1. The summed E-state index contributed by atoms with van der Waals surface area (Å²) in [7, 11) is 0. The highest BCUT2D eigenvalue weighted by molar-refractivity contribution is 8.00. The molecule has 8 heteroatoms. The summed E-state index contributed by atoms with van der Waals surface area (Å²) in [6.07, 6.45) is 2.15. The van der Waals surface area contributed by atoms with Crippen LogP contribution in [-0.2, 0) is 9.53 Å². The number of rotatable bonds is 6. The van der Waals surface area contributed by atoms with Crippen LogP contribution in [0.3, 0.4) is 0 Å². The molecule has 23 heavy (non-hydrogen) atoms. The van der Waals surface area contributed by atoms with Crippen LogP contribution >= 0.6 is 11.8 Å². The number of aromatic nitrogens is 3. The molecule has 4 N–H and O–H groups in total. The second-order valence-corrected chi connectivity index (χ2v) is 6.36. The number of anilines is 1. The number of aromatic amines is 1. The van der Waals surface area contributed by atoms with Gasteiger partial charge < -0.3 is 15.8 Å². The molecular formula is C15H19N5O2S. The number of hydrogen-bond donors (Lipinski definition) is 3. The fourth-order valence-corrected chi connectivity index (χ4v) is 3.37. The zero-order valence-electron chi connectivity index (χ0n) is 12.6. The molecule has 0 unspecified atom stereocenters. The summed E-state index contributed by atoms with van der Waals surface area (Å²) < 4.78 is 5.54. The Morgan fingerprint density at radius 2 is 2.30 bits per heavy atom. The number of nitrogens with zero attached hydrogens (tertiary/aromatic N) is 2. The Balaban J connectivity index is 1.70. The van der Waals surface area contributed by atoms with E-state index in [0.717, 1.165) is 25.0 Å². The van der Waals surface area contributed by atoms with Crippen molar-refractivity contribution >= 4 is 23.6 Å². The number of ether oxygens (including phenoxy) is 1. The van der Waals surface area contributed by atoms with Crippen molar-refractivity contribution in [3.05, 3.63) is 35.9 Å². The third kappa shape index (κ3) is 4.23. The van der Waals surface area contributed by atoms with E-state index in [-0.39, 0.29) is 18.0 Å². The van der Waals surface area contributed by atoms with Gasteiger partial charge in [-0.1, -0.05) is 42.1 Å². The number of benzene rings is 1. The molecule has 1 aliphatic heterocycles.